The van der Waals surface area contributed by atoms with Crippen molar-refractivity contribution in [3.8, 4) is 0 Å². The Morgan fingerprint density at radius 1 is 1.07 bits per heavy atom. The van der Waals surface area contributed by atoms with E-state index in [4.69, 9.17) is 0 Å². The van der Waals surface area contributed by atoms with Gasteiger partial charge in [-0.05, 0) is 47.9 Å². The summed E-state index contributed by atoms with van der Waals surface area (Å²) in [4.78, 5) is 26.1. The van der Waals surface area contributed by atoms with Crippen LogP contribution in [-0.4, -0.2) is 44.2 Å². The zero-order valence-corrected chi connectivity index (χ0v) is 18.3. The number of rotatable bonds is 7. The minimum Gasteiger partial charge on any atom is -0.348 e. The molecular weight excluding hydrogens is 402 g/mol. The quantitative estimate of drug-likeness (QED) is 0.733. The molecule has 0 saturated carbocycles. The molecule has 0 aromatic heterocycles. The van der Waals surface area contributed by atoms with Crippen LogP contribution in [0.2, 0.25) is 0 Å². The number of benzene rings is 2. The standard InChI is InChI=1S/C22H27N3O4S/c1-4-24(5-2)30(28,29)20-9-6-17(7-10-20)15-23-22(27)19-8-11-21-18(14-19)12-13-25(21)16(3)26/h6-11,14H,4-5,12-13,15H2,1-3H3,(H,23,27). The molecule has 0 atom stereocenters. The van der Waals surface area contributed by atoms with Gasteiger partial charge in [0.25, 0.3) is 5.91 Å². The Balaban J connectivity index is 1.65. The summed E-state index contributed by atoms with van der Waals surface area (Å²) < 4.78 is 26.5. The second-order valence-electron chi connectivity index (χ2n) is 7.18. The van der Waals surface area contributed by atoms with E-state index in [1.807, 2.05) is 26.0 Å². The van der Waals surface area contributed by atoms with Crippen molar-refractivity contribution in [1.29, 1.82) is 0 Å². The van der Waals surface area contributed by atoms with Crippen LogP contribution in [0, 0.1) is 0 Å². The van der Waals surface area contributed by atoms with Crippen molar-refractivity contribution in [3.05, 3.63) is 59.2 Å². The normalized spacial score (nSPS) is 13.4. The summed E-state index contributed by atoms with van der Waals surface area (Å²) in [5, 5.41) is 2.86. The Bertz CT molecular complexity index is 1040. The average molecular weight is 430 g/mol. The van der Waals surface area contributed by atoms with Crippen molar-refractivity contribution >= 4 is 27.5 Å². The molecule has 0 aliphatic carbocycles. The van der Waals surface area contributed by atoms with Gasteiger partial charge < -0.3 is 10.2 Å². The van der Waals surface area contributed by atoms with Crippen LogP contribution in [0.15, 0.2) is 47.4 Å². The van der Waals surface area contributed by atoms with Crippen LogP contribution in [0.4, 0.5) is 5.69 Å². The van der Waals surface area contributed by atoms with Crippen molar-refractivity contribution < 1.29 is 18.0 Å². The van der Waals surface area contributed by atoms with E-state index in [9.17, 15) is 18.0 Å². The predicted octanol–water partition coefficient (Wildman–Crippen LogP) is 2.56. The first-order chi connectivity index (χ1) is 14.3. The highest BCUT2D eigenvalue weighted by Gasteiger charge is 2.23. The number of nitrogens with zero attached hydrogens (tertiary/aromatic N) is 2. The lowest BCUT2D eigenvalue weighted by Crippen LogP contribution is -2.30. The van der Waals surface area contributed by atoms with E-state index < -0.39 is 10.0 Å². The Hall–Kier alpha value is -2.71. The second kappa shape index (κ2) is 8.97. The van der Waals surface area contributed by atoms with Crippen molar-refractivity contribution in [2.24, 2.45) is 0 Å². The number of sulfonamides is 1. The summed E-state index contributed by atoms with van der Waals surface area (Å²) in [6.45, 7) is 6.92. The largest absolute Gasteiger partial charge is 0.348 e. The number of anilines is 1. The number of carbonyl (C=O) groups is 2. The summed E-state index contributed by atoms with van der Waals surface area (Å²) in [6.07, 6.45) is 0.735. The lowest BCUT2D eigenvalue weighted by Gasteiger charge is -2.18. The Labute approximate surface area is 177 Å². The smallest absolute Gasteiger partial charge is 0.251 e. The van der Waals surface area contributed by atoms with Crippen molar-refractivity contribution in [1.82, 2.24) is 9.62 Å². The van der Waals surface area contributed by atoms with Gasteiger partial charge in [-0.25, -0.2) is 8.42 Å². The highest BCUT2D eigenvalue weighted by atomic mass is 32.2. The van der Waals surface area contributed by atoms with E-state index in [1.54, 1.807) is 35.2 Å². The van der Waals surface area contributed by atoms with Gasteiger partial charge >= 0.3 is 0 Å². The minimum absolute atomic E-state index is 0.00240. The number of fused-ring (bicyclic) bond motifs is 1. The van der Waals surface area contributed by atoms with E-state index in [0.29, 0.717) is 31.7 Å². The summed E-state index contributed by atoms with van der Waals surface area (Å²) in [5.41, 5.74) is 3.21. The first kappa shape index (κ1) is 22.0. The zero-order valence-electron chi connectivity index (χ0n) is 17.5. The van der Waals surface area contributed by atoms with Crippen LogP contribution in [0.5, 0.6) is 0 Å². The predicted molar refractivity (Wildman–Crippen MR) is 116 cm³/mol. The van der Waals surface area contributed by atoms with Crippen LogP contribution in [-0.2, 0) is 27.8 Å². The van der Waals surface area contributed by atoms with Gasteiger partial charge in [-0.1, -0.05) is 26.0 Å². The third-order valence-corrected chi connectivity index (χ3v) is 7.40. The molecule has 0 bridgehead atoms. The lowest BCUT2D eigenvalue weighted by molar-refractivity contribution is -0.116. The van der Waals surface area contributed by atoms with Crippen LogP contribution in [0.1, 0.15) is 42.3 Å². The fourth-order valence-electron chi connectivity index (χ4n) is 3.65. The first-order valence-corrected chi connectivity index (χ1v) is 11.5. The van der Waals surface area contributed by atoms with Crippen molar-refractivity contribution in [2.75, 3.05) is 24.5 Å². The Morgan fingerprint density at radius 3 is 2.33 bits per heavy atom. The lowest BCUT2D eigenvalue weighted by atomic mass is 10.1. The molecule has 1 N–H and O–H groups in total. The van der Waals surface area contributed by atoms with Gasteiger partial charge in [0.1, 0.15) is 0 Å². The molecule has 2 amide bonds. The van der Waals surface area contributed by atoms with Crippen molar-refractivity contribution in [2.45, 2.75) is 38.6 Å². The second-order valence-corrected chi connectivity index (χ2v) is 9.12. The average Bonchev–Trinajstić information content (AvgIpc) is 3.16. The molecule has 30 heavy (non-hydrogen) atoms. The molecule has 1 aliphatic heterocycles. The summed E-state index contributed by atoms with van der Waals surface area (Å²) in [5.74, 6) is -0.212. The molecule has 1 heterocycles. The van der Waals surface area contributed by atoms with Gasteiger partial charge in [0.05, 0.1) is 4.90 Å². The maximum absolute atomic E-state index is 12.5. The summed E-state index contributed by atoms with van der Waals surface area (Å²) in [6, 6.07) is 11.9. The maximum Gasteiger partial charge on any atom is 0.251 e. The Morgan fingerprint density at radius 2 is 1.73 bits per heavy atom. The number of carbonyl (C=O) groups excluding carboxylic acids is 2. The molecule has 1 aliphatic rings. The number of nitrogens with one attached hydrogen (secondary N) is 1. The van der Waals surface area contributed by atoms with Crippen LogP contribution in [0.25, 0.3) is 0 Å². The molecular formula is C22H27N3O4S. The van der Waals surface area contributed by atoms with E-state index in [2.05, 4.69) is 5.32 Å². The SMILES string of the molecule is CCN(CC)S(=O)(=O)c1ccc(CNC(=O)c2ccc3c(c2)CCN3C(C)=O)cc1. The van der Waals surface area contributed by atoms with Gasteiger partial charge in [-0.3, -0.25) is 9.59 Å². The molecule has 8 heteroatoms. The van der Waals surface area contributed by atoms with Gasteiger partial charge in [0, 0.05) is 44.4 Å². The van der Waals surface area contributed by atoms with E-state index >= 15 is 0 Å². The third kappa shape index (κ3) is 4.39. The maximum atomic E-state index is 12.5. The van der Waals surface area contributed by atoms with E-state index in [1.165, 1.54) is 11.2 Å². The van der Waals surface area contributed by atoms with Gasteiger partial charge in [0.2, 0.25) is 15.9 Å². The molecule has 2 aromatic rings. The molecule has 0 unspecified atom stereocenters. The highest BCUT2D eigenvalue weighted by molar-refractivity contribution is 7.89. The van der Waals surface area contributed by atoms with Crippen LogP contribution in [0.3, 0.4) is 0 Å². The highest BCUT2D eigenvalue weighted by Crippen LogP contribution is 2.29. The third-order valence-electron chi connectivity index (χ3n) is 5.34. The Kier molecular flexibility index (Phi) is 6.58. The molecule has 7 nitrogen and oxygen atoms in total. The molecule has 0 saturated heterocycles. The van der Waals surface area contributed by atoms with Crippen LogP contribution < -0.4 is 10.2 Å². The van der Waals surface area contributed by atoms with Crippen LogP contribution >= 0.6 is 0 Å². The monoisotopic (exact) mass is 429 g/mol. The first-order valence-electron chi connectivity index (χ1n) is 10.1. The molecule has 0 spiro atoms. The topological polar surface area (TPSA) is 86.8 Å². The zero-order chi connectivity index (χ0) is 21.9. The molecule has 2 aromatic carbocycles. The van der Waals surface area contributed by atoms with Crippen molar-refractivity contribution in [3.63, 3.8) is 0 Å². The molecule has 160 valence electrons. The fraction of sp³-hybridized carbons (Fsp3) is 0.364. The van der Waals surface area contributed by atoms with Gasteiger partial charge in [-0.15, -0.1) is 0 Å². The fourth-order valence-corrected chi connectivity index (χ4v) is 5.10. The minimum atomic E-state index is -3.49. The molecule has 0 radical (unpaired) electrons. The van der Waals surface area contributed by atoms with Gasteiger partial charge in [-0.2, -0.15) is 4.31 Å². The summed E-state index contributed by atoms with van der Waals surface area (Å²) >= 11 is 0. The van der Waals surface area contributed by atoms with E-state index in [-0.39, 0.29) is 16.7 Å². The molecule has 3 rings (SSSR count). The number of hydrogen-bond acceptors (Lipinski definition) is 4. The van der Waals surface area contributed by atoms with E-state index in [0.717, 1.165) is 23.2 Å². The number of hydrogen-bond donors (Lipinski definition) is 1. The number of amides is 2. The molecule has 0 fully saturated rings. The summed E-state index contributed by atoms with van der Waals surface area (Å²) in [7, 11) is -3.49. The van der Waals surface area contributed by atoms with Gasteiger partial charge in [0.15, 0.2) is 0 Å².